The van der Waals surface area contributed by atoms with Crippen LogP contribution in [-0.2, 0) is 0 Å². The summed E-state index contributed by atoms with van der Waals surface area (Å²) < 4.78 is 5.08. The van der Waals surface area contributed by atoms with Gasteiger partial charge in [0.2, 0.25) is 0 Å². The molecule has 0 aliphatic carbocycles. The summed E-state index contributed by atoms with van der Waals surface area (Å²) in [6, 6.07) is 0. The van der Waals surface area contributed by atoms with Crippen molar-refractivity contribution in [3.8, 4) is 0 Å². The minimum absolute atomic E-state index is 1.30. The zero-order chi connectivity index (χ0) is 11.2. The van der Waals surface area contributed by atoms with Gasteiger partial charge >= 0.3 is 96.6 Å². The van der Waals surface area contributed by atoms with Crippen LogP contribution < -0.4 is 0 Å². The molecule has 0 aromatic rings. The maximum atomic E-state index is 2.71. The Balaban J connectivity index is 4.73. The van der Waals surface area contributed by atoms with Gasteiger partial charge in [0.25, 0.3) is 0 Å². The van der Waals surface area contributed by atoms with Crippen LogP contribution in [0.2, 0.25) is 30.6 Å². The molecule has 2 heteroatoms. The normalized spacial score (nSPS) is 13.3. The number of hydrogen-bond donors (Lipinski definition) is 0. The van der Waals surface area contributed by atoms with Gasteiger partial charge < -0.3 is 0 Å². The average Bonchev–Trinajstić information content (AvgIpc) is 2.03. The molecule has 0 radical (unpaired) electrons. The van der Waals surface area contributed by atoms with Crippen molar-refractivity contribution in [2.45, 2.75) is 70.6 Å². The van der Waals surface area contributed by atoms with E-state index in [1.807, 2.05) is 0 Å². The van der Waals surface area contributed by atoms with E-state index < -0.39 is 26.0 Å². The van der Waals surface area contributed by atoms with E-state index in [1.54, 1.807) is 13.3 Å². The van der Waals surface area contributed by atoms with E-state index in [1.165, 1.54) is 19.3 Å². The molecule has 0 amide bonds. The summed E-state index contributed by atoms with van der Waals surface area (Å²) in [7, 11) is -1.30. The van der Waals surface area contributed by atoms with E-state index in [0.717, 1.165) is 0 Å². The summed E-state index contributed by atoms with van der Waals surface area (Å²) in [4.78, 5) is 0. The summed E-state index contributed by atoms with van der Waals surface area (Å²) in [6.07, 6.45) is 4.41. The molecule has 86 valence electrons. The van der Waals surface area contributed by atoms with Gasteiger partial charge in [0, 0.05) is 0 Å². The molecule has 0 saturated carbocycles. The Kier molecular flexibility index (Phi) is 7.48. The number of rotatable bonds is 7. The van der Waals surface area contributed by atoms with Gasteiger partial charge in [0.05, 0.1) is 0 Å². The monoisotopic (exact) mass is 368 g/mol. The Morgan fingerprint density at radius 1 is 0.714 bits per heavy atom. The van der Waals surface area contributed by atoms with Gasteiger partial charge in [-0.05, 0) is 0 Å². The van der Waals surface area contributed by atoms with Crippen LogP contribution in [0.25, 0.3) is 0 Å². The minimum atomic E-state index is -1.62. The van der Waals surface area contributed by atoms with Crippen LogP contribution in [0.1, 0.15) is 40.0 Å². The SMILES string of the molecule is CC[CH2][Sn]([CH2]CC)([CH2]CC)[Ge]([CH3])([CH3])[CH3]. The van der Waals surface area contributed by atoms with Crippen molar-refractivity contribution in [3.63, 3.8) is 0 Å². The van der Waals surface area contributed by atoms with Crippen molar-refractivity contribution in [2.24, 2.45) is 0 Å². The summed E-state index contributed by atoms with van der Waals surface area (Å²) >= 11 is -1.62. The van der Waals surface area contributed by atoms with E-state index in [9.17, 15) is 0 Å². The topological polar surface area (TPSA) is 0 Å². The molecule has 0 aliphatic heterocycles. The third-order valence-electron chi connectivity index (χ3n) is 3.78. The summed E-state index contributed by atoms with van der Waals surface area (Å²) in [5.41, 5.74) is 0. The molecule has 0 heterocycles. The molecule has 0 bridgehead atoms. The van der Waals surface area contributed by atoms with Crippen molar-refractivity contribution >= 4 is 26.0 Å². The molecule has 0 fully saturated rings. The van der Waals surface area contributed by atoms with Crippen LogP contribution in [0.5, 0.6) is 0 Å². The van der Waals surface area contributed by atoms with E-state index in [0.29, 0.717) is 0 Å². The molecule has 0 saturated heterocycles. The number of hydrogen-bond acceptors (Lipinski definition) is 0. The summed E-state index contributed by atoms with van der Waals surface area (Å²) in [5, 5.41) is 0. The quantitative estimate of drug-likeness (QED) is 0.552. The first-order valence-corrected chi connectivity index (χ1v) is 27.2. The van der Waals surface area contributed by atoms with Crippen LogP contribution in [-0.4, -0.2) is 26.0 Å². The van der Waals surface area contributed by atoms with Gasteiger partial charge in [0.15, 0.2) is 0 Å². The van der Waals surface area contributed by atoms with E-state index >= 15 is 0 Å². The first-order valence-electron chi connectivity index (χ1n) is 6.43. The fourth-order valence-electron chi connectivity index (χ4n) is 2.94. The second kappa shape index (κ2) is 6.82. The summed E-state index contributed by atoms with van der Waals surface area (Å²) in [5.74, 6) is 8.12. The van der Waals surface area contributed by atoms with Crippen LogP contribution >= 0.6 is 0 Å². The predicted octanol–water partition coefficient (Wildman–Crippen LogP) is 5.08. The van der Waals surface area contributed by atoms with E-state index in [-0.39, 0.29) is 0 Å². The van der Waals surface area contributed by atoms with Crippen molar-refractivity contribution in [2.75, 3.05) is 0 Å². The second-order valence-corrected chi connectivity index (χ2v) is 64.0. The average molecular weight is 366 g/mol. The standard InChI is InChI=1S/C3H9Ge.3C3H7.Sn/c1-4(2)3;3*1-3-2;/h1-3H3;3*1,3H2,2H3;. The van der Waals surface area contributed by atoms with Crippen LogP contribution in [0, 0.1) is 0 Å². The Morgan fingerprint density at radius 3 is 1.14 bits per heavy atom. The molecule has 0 spiro atoms. The van der Waals surface area contributed by atoms with Crippen molar-refractivity contribution in [1.82, 2.24) is 0 Å². The van der Waals surface area contributed by atoms with Gasteiger partial charge in [-0.3, -0.25) is 0 Å². The molecule has 0 nitrogen and oxygen atoms in total. The Bertz CT molecular complexity index is 132. The van der Waals surface area contributed by atoms with Crippen molar-refractivity contribution in [3.05, 3.63) is 0 Å². The summed E-state index contributed by atoms with van der Waals surface area (Å²) in [6.45, 7) is 7.22. The van der Waals surface area contributed by atoms with Crippen LogP contribution in [0.15, 0.2) is 0 Å². The molecule has 14 heavy (non-hydrogen) atoms. The van der Waals surface area contributed by atoms with Gasteiger partial charge in [-0.1, -0.05) is 0 Å². The Hall–Kier alpha value is 1.34. The Morgan fingerprint density at radius 2 is 1.00 bits per heavy atom. The maximum absolute atomic E-state index is 2.71. The van der Waals surface area contributed by atoms with Crippen molar-refractivity contribution < 1.29 is 0 Å². The fraction of sp³-hybridized carbons (Fsp3) is 1.00. The third kappa shape index (κ3) is 4.07. The molecule has 0 aromatic carbocycles. The first-order chi connectivity index (χ1) is 6.43. The molecular weight excluding hydrogens is 335 g/mol. The molecule has 0 N–H and O–H groups in total. The molecular formula is C12H30GeSn. The zero-order valence-electron chi connectivity index (χ0n) is 11.2. The molecule has 0 aliphatic rings. The van der Waals surface area contributed by atoms with Crippen molar-refractivity contribution in [1.29, 1.82) is 0 Å². The van der Waals surface area contributed by atoms with E-state index in [2.05, 4.69) is 38.0 Å². The zero-order valence-corrected chi connectivity index (χ0v) is 16.2. The third-order valence-corrected chi connectivity index (χ3v) is 80.7. The first kappa shape index (κ1) is 15.3. The van der Waals surface area contributed by atoms with E-state index in [4.69, 9.17) is 0 Å². The van der Waals surface area contributed by atoms with Gasteiger partial charge in [0.1, 0.15) is 0 Å². The van der Waals surface area contributed by atoms with Gasteiger partial charge in [-0.2, -0.15) is 0 Å². The van der Waals surface area contributed by atoms with Gasteiger partial charge in [-0.15, -0.1) is 0 Å². The molecule has 0 rings (SSSR count). The van der Waals surface area contributed by atoms with Gasteiger partial charge in [-0.25, -0.2) is 0 Å². The Labute approximate surface area is 96.0 Å². The molecule has 0 aromatic heterocycles. The fourth-order valence-corrected chi connectivity index (χ4v) is 61.9. The van der Waals surface area contributed by atoms with Crippen LogP contribution in [0.4, 0.5) is 0 Å². The molecule has 0 atom stereocenters. The predicted molar refractivity (Wildman–Crippen MR) is 74.4 cm³/mol. The van der Waals surface area contributed by atoms with Crippen LogP contribution in [0.3, 0.4) is 0 Å². The molecule has 0 unspecified atom stereocenters. The second-order valence-electron chi connectivity index (χ2n) is 5.78.